The standard InChI is InChI=1S/C6H4BrN3S/c7-4-1-3-5(8)9-2-10-6(3)11-4/h1-2H,(H2,8,9,10). The van der Waals surface area contributed by atoms with Crippen LogP contribution in [0.25, 0.3) is 10.2 Å². The first-order chi connectivity index (χ1) is 5.27. The van der Waals surface area contributed by atoms with Gasteiger partial charge >= 0.3 is 0 Å². The Kier molecular flexibility index (Phi) is 1.54. The zero-order valence-electron chi connectivity index (χ0n) is 5.41. The van der Waals surface area contributed by atoms with Crippen molar-refractivity contribution in [3.8, 4) is 0 Å². The third-order valence-electron chi connectivity index (χ3n) is 1.33. The van der Waals surface area contributed by atoms with Crippen LogP contribution in [-0.4, -0.2) is 9.97 Å². The number of nitrogen functional groups attached to an aromatic ring is 1. The van der Waals surface area contributed by atoms with E-state index in [0.29, 0.717) is 5.82 Å². The van der Waals surface area contributed by atoms with E-state index in [0.717, 1.165) is 14.0 Å². The molecule has 0 saturated carbocycles. The molecule has 0 bridgehead atoms. The Hall–Kier alpha value is -0.680. The second-order valence-corrected chi connectivity index (χ2v) is 4.44. The van der Waals surface area contributed by atoms with Crippen LogP contribution in [0, 0.1) is 0 Å². The first-order valence-electron chi connectivity index (χ1n) is 2.93. The van der Waals surface area contributed by atoms with Crippen LogP contribution >= 0.6 is 27.3 Å². The molecule has 2 rings (SSSR count). The average Bonchev–Trinajstić information content (AvgIpc) is 2.31. The second kappa shape index (κ2) is 2.42. The Morgan fingerprint density at radius 2 is 2.27 bits per heavy atom. The highest BCUT2D eigenvalue weighted by Crippen LogP contribution is 2.29. The van der Waals surface area contributed by atoms with Crippen molar-refractivity contribution in [1.29, 1.82) is 0 Å². The first kappa shape index (κ1) is 7.00. The molecule has 0 fully saturated rings. The van der Waals surface area contributed by atoms with Crippen molar-refractivity contribution in [3.63, 3.8) is 0 Å². The summed E-state index contributed by atoms with van der Waals surface area (Å²) in [6, 6.07) is 1.93. The monoisotopic (exact) mass is 229 g/mol. The van der Waals surface area contributed by atoms with E-state index in [1.54, 1.807) is 11.3 Å². The predicted molar refractivity (Wildman–Crippen MR) is 49.5 cm³/mol. The van der Waals surface area contributed by atoms with Crippen molar-refractivity contribution >= 4 is 43.3 Å². The van der Waals surface area contributed by atoms with E-state index in [1.807, 2.05) is 6.07 Å². The summed E-state index contributed by atoms with van der Waals surface area (Å²) in [7, 11) is 0. The number of halogens is 1. The predicted octanol–water partition coefficient (Wildman–Crippen LogP) is 2.04. The number of aromatic nitrogens is 2. The van der Waals surface area contributed by atoms with Gasteiger partial charge in [0.1, 0.15) is 17.0 Å². The topological polar surface area (TPSA) is 51.8 Å². The summed E-state index contributed by atoms with van der Waals surface area (Å²) in [4.78, 5) is 8.85. The van der Waals surface area contributed by atoms with Gasteiger partial charge in [-0.05, 0) is 22.0 Å². The van der Waals surface area contributed by atoms with Gasteiger partial charge in [-0.1, -0.05) is 0 Å². The maximum absolute atomic E-state index is 5.60. The van der Waals surface area contributed by atoms with Crippen LogP contribution in [0.2, 0.25) is 0 Å². The molecule has 0 aliphatic heterocycles. The summed E-state index contributed by atoms with van der Waals surface area (Å²) in [6.07, 6.45) is 1.47. The number of nitrogens with zero attached hydrogens (tertiary/aromatic N) is 2. The average molecular weight is 230 g/mol. The maximum atomic E-state index is 5.60. The van der Waals surface area contributed by atoms with Crippen molar-refractivity contribution in [1.82, 2.24) is 9.97 Å². The second-order valence-electron chi connectivity index (χ2n) is 2.03. The molecule has 2 aromatic rings. The van der Waals surface area contributed by atoms with E-state index in [2.05, 4.69) is 25.9 Å². The first-order valence-corrected chi connectivity index (χ1v) is 4.54. The molecule has 0 aliphatic rings. The highest BCUT2D eigenvalue weighted by Gasteiger charge is 2.03. The molecule has 2 N–H and O–H groups in total. The smallest absolute Gasteiger partial charge is 0.135 e. The Morgan fingerprint density at radius 1 is 1.45 bits per heavy atom. The van der Waals surface area contributed by atoms with Gasteiger partial charge in [0, 0.05) is 0 Å². The number of hydrogen-bond donors (Lipinski definition) is 1. The molecule has 11 heavy (non-hydrogen) atoms. The Morgan fingerprint density at radius 3 is 3.00 bits per heavy atom. The summed E-state index contributed by atoms with van der Waals surface area (Å²) in [5.74, 6) is 0.539. The molecule has 0 aliphatic carbocycles. The fraction of sp³-hybridized carbons (Fsp3) is 0. The quantitative estimate of drug-likeness (QED) is 0.753. The number of fused-ring (bicyclic) bond motifs is 1. The molecule has 0 radical (unpaired) electrons. The van der Waals surface area contributed by atoms with Gasteiger partial charge in [0.2, 0.25) is 0 Å². The van der Waals surface area contributed by atoms with Gasteiger partial charge < -0.3 is 5.73 Å². The maximum Gasteiger partial charge on any atom is 0.135 e. The normalized spacial score (nSPS) is 10.6. The third kappa shape index (κ3) is 1.10. The lowest BCUT2D eigenvalue weighted by atomic mass is 10.4. The van der Waals surface area contributed by atoms with Gasteiger partial charge in [0.05, 0.1) is 9.17 Å². The van der Waals surface area contributed by atoms with Crippen molar-refractivity contribution in [3.05, 3.63) is 16.2 Å². The lowest BCUT2D eigenvalue weighted by molar-refractivity contribution is 1.24. The third-order valence-corrected chi connectivity index (χ3v) is 2.88. The molecule has 0 amide bonds. The fourth-order valence-corrected chi connectivity index (χ4v) is 2.27. The minimum atomic E-state index is 0.539. The van der Waals surface area contributed by atoms with Gasteiger partial charge in [-0.2, -0.15) is 0 Å². The largest absolute Gasteiger partial charge is 0.383 e. The van der Waals surface area contributed by atoms with Crippen molar-refractivity contribution in [2.24, 2.45) is 0 Å². The molecular formula is C6H4BrN3S. The molecule has 2 heterocycles. The minimum absolute atomic E-state index is 0.539. The SMILES string of the molecule is Nc1ncnc2sc(Br)cc12. The molecule has 0 atom stereocenters. The Bertz CT molecular complexity index is 398. The summed E-state index contributed by atoms with van der Waals surface area (Å²) >= 11 is 4.91. The highest BCUT2D eigenvalue weighted by molar-refractivity contribution is 9.11. The number of anilines is 1. The Labute approximate surface area is 75.4 Å². The van der Waals surface area contributed by atoms with Gasteiger partial charge in [0.15, 0.2) is 0 Å². The molecule has 56 valence electrons. The Balaban J connectivity index is 2.90. The molecule has 5 heteroatoms. The zero-order chi connectivity index (χ0) is 7.84. The molecule has 0 spiro atoms. The van der Waals surface area contributed by atoms with Crippen LogP contribution in [0.1, 0.15) is 0 Å². The molecular weight excluding hydrogens is 226 g/mol. The van der Waals surface area contributed by atoms with Crippen LogP contribution in [0.5, 0.6) is 0 Å². The van der Waals surface area contributed by atoms with Gasteiger partial charge in [0.25, 0.3) is 0 Å². The van der Waals surface area contributed by atoms with Gasteiger partial charge in [-0.25, -0.2) is 9.97 Å². The number of thiophene rings is 1. The van der Waals surface area contributed by atoms with Crippen molar-refractivity contribution in [2.75, 3.05) is 5.73 Å². The molecule has 0 saturated heterocycles. The number of nitrogens with two attached hydrogens (primary N) is 1. The summed E-state index contributed by atoms with van der Waals surface area (Å²) in [5, 5.41) is 0.921. The molecule has 2 aromatic heterocycles. The molecule has 0 aromatic carbocycles. The number of hydrogen-bond acceptors (Lipinski definition) is 4. The van der Waals surface area contributed by atoms with Crippen LogP contribution in [0.3, 0.4) is 0 Å². The van der Waals surface area contributed by atoms with Gasteiger partial charge in [-0.15, -0.1) is 11.3 Å². The molecule has 0 unspecified atom stereocenters. The van der Waals surface area contributed by atoms with Crippen LogP contribution < -0.4 is 5.73 Å². The summed E-state index contributed by atoms with van der Waals surface area (Å²) in [5.41, 5.74) is 5.60. The van der Waals surface area contributed by atoms with E-state index in [9.17, 15) is 0 Å². The number of rotatable bonds is 0. The van der Waals surface area contributed by atoms with E-state index in [-0.39, 0.29) is 0 Å². The van der Waals surface area contributed by atoms with E-state index < -0.39 is 0 Å². The van der Waals surface area contributed by atoms with Crippen molar-refractivity contribution < 1.29 is 0 Å². The minimum Gasteiger partial charge on any atom is -0.383 e. The van der Waals surface area contributed by atoms with Crippen LogP contribution in [-0.2, 0) is 0 Å². The van der Waals surface area contributed by atoms with E-state index in [1.165, 1.54) is 6.33 Å². The fourth-order valence-electron chi connectivity index (χ4n) is 0.844. The van der Waals surface area contributed by atoms with Gasteiger partial charge in [-0.3, -0.25) is 0 Å². The lowest BCUT2D eigenvalue weighted by Gasteiger charge is -1.90. The zero-order valence-corrected chi connectivity index (χ0v) is 7.82. The van der Waals surface area contributed by atoms with Crippen LogP contribution in [0.4, 0.5) is 5.82 Å². The van der Waals surface area contributed by atoms with E-state index in [4.69, 9.17) is 5.73 Å². The van der Waals surface area contributed by atoms with Crippen molar-refractivity contribution in [2.45, 2.75) is 0 Å². The lowest BCUT2D eigenvalue weighted by Crippen LogP contribution is -1.89. The highest BCUT2D eigenvalue weighted by atomic mass is 79.9. The molecule has 3 nitrogen and oxygen atoms in total. The van der Waals surface area contributed by atoms with E-state index >= 15 is 0 Å². The summed E-state index contributed by atoms with van der Waals surface area (Å²) in [6.45, 7) is 0. The summed E-state index contributed by atoms with van der Waals surface area (Å²) < 4.78 is 1.03. The van der Waals surface area contributed by atoms with Crippen LogP contribution in [0.15, 0.2) is 16.2 Å².